The van der Waals surface area contributed by atoms with Crippen LogP contribution in [-0.2, 0) is 14.3 Å². The number of amides is 2. The molecule has 0 saturated carbocycles. The molecule has 7 nitrogen and oxygen atoms in total. The van der Waals surface area contributed by atoms with E-state index >= 15 is 0 Å². The van der Waals surface area contributed by atoms with E-state index in [1.807, 2.05) is 0 Å². The molecule has 0 spiro atoms. The predicted octanol–water partition coefficient (Wildman–Crippen LogP) is 0.0359. The molecule has 0 radical (unpaired) electrons. The summed E-state index contributed by atoms with van der Waals surface area (Å²) in [4.78, 5) is 36.7. The zero-order chi connectivity index (χ0) is 15.4. The molecular formula is C13H16N2O5S. The van der Waals surface area contributed by atoms with E-state index in [4.69, 9.17) is 9.84 Å². The summed E-state index contributed by atoms with van der Waals surface area (Å²) in [5.74, 6) is -2.38. The molecule has 2 heterocycles. The Morgan fingerprint density at radius 3 is 2.86 bits per heavy atom. The van der Waals surface area contributed by atoms with E-state index in [0.717, 1.165) is 0 Å². The van der Waals surface area contributed by atoms with Gasteiger partial charge in [0, 0.05) is 7.05 Å². The van der Waals surface area contributed by atoms with Crippen molar-refractivity contribution in [3.05, 3.63) is 22.4 Å². The third kappa shape index (κ3) is 3.79. The summed E-state index contributed by atoms with van der Waals surface area (Å²) >= 11 is 1.30. The van der Waals surface area contributed by atoms with Crippen molar-refractivity contribution in [2.45, 2.75) is 6.04 Å². The van der Waals surface area contributed by atoms with E-state index in [9.17, 15) is 14.4 Å². The summed E-state index contributed by atoms with van der Waals surface area (Å²) in [6.07, 6.45) is 0. The monoisotopic (exact) mass is 312 g/mol. The summed E-state index contributed by atoms with van der Waals surface area (Å²) in [5, 5.41) is 13.4. The Balaban J connectivity index is 1.87. The molecule has 21 heavy (non-hydrogen) atoms. The largest absolute Gasteiger partial charge is 0.481 e. The number of carbonyl (C=O) groups excluding carboxylic acids is 2. The van der Waals surface area contributed by atoms with Crippen LogP contribution in [0.1, 0.15) is 9.67 Å². The number of aliphatic carboxylic acids is 1. The molecule has 2 rings (SSSR count). The minimum absolute atomic E-state index is 0.0875. The van der Waals surface area contributed by atoms with E-state index in [1.165, 1.54) is 23.3 Å². The van der Waals surface area contributed by atoms with Gasteiger partial charge in [0.25, 0.3) is 5.91 Å². The van der Waals surface area contributed by atoms with Gasteiger partial charge in [-0.25, -0.2) is 0 Å². The van der Waals surface area contributed by atoms with Crippen molar-refractivity contribution < 1.29 is 24.2 Å². The number of thiophene rings is 1. The van der Waals surface area contributed by atoms with Gasteiger partial charge < -0.3 is 20.1 Å². The smallest absolute Gasteiger partial charge is 0.311 e. The lowest BCUT2D eigenvalue weighted by atomic mass is 10.0. The number of hydrogen-bond acceptors (Lipinski definition) is 5. The molecule has 0 bridgehead atoms. The highest BCUT2D eigenvalue weighted by Crippen LogP contribution is 2.14. The third-order valence-electron chi connectivity index (χ3n) is 3.20. The number of carboxylic acid groups (broad SMARTS) is 1. The van der Waals surface area contributed by atoms with E-state index in [2.05, 4.69) is 5.32 Å². The van der Waals surface area contributed by atoms with E-state index < -0.39 is 23.8 Å². The van der Waals surface area contributed by atoms with Crippen molar-refractivity contribution in [2.24, 2.45) is 5.92 Å². The molecule has 2 unspecified atom stereocenters. The van der Waals surface area contributed by atoms with Gasteiger partial charge in [-0.2, -0.15) is 0 Å². The van der Waals surface area contributed by atoms with Crippen molar-refractivity contribution in [2.75, 3.05) is 26.8 Å². The average Bonchev–Trinajstić information content (AvgIpc) is 3.08. The van der Waals surface area contributed by atoms with E-state index in [-0.39, 0.29) is 25.7 Å². The fourth-order valence-electron chi connectivity index (χ4n) is 2.07. The van der Waals surface area contributed by atoms with Crippen LogP contribution >= 0.6 is 11.3 Å². The minimum Gasteiger partial charge on any atom is -0.481 e. The highest BCUT2D eigenvalue weighted by atomic mass is 32.1. The second-order valence-electron chi connectivity index (χ2n) is 4.79. The number of likely N-dealkylation sites (N-methyl/N-ethyl adjacent to an activating group) is 1. The molecule has 2 atom stereocenters. The topological polar surface area (TPSA) is 95.9 Å². The second-order valence-corrected chi connectivity index (χ2v) is 5.74. The fraction of sp³-hybridized carbons (Fsp3) is 0.462. The molecule has 114 valence electrons. The molecule has 1 aliphatic heterocycles. The molecule has 2 amide bonds. The molecule has 1 aliphatic rings. The van der Waals surface area contributed by atoms with Gasteiger partial charge in [-0.3, -0.25) is 14.4 Å². The maximum atomic E-state index is 12.0. The van der Waals surface area contributed by atoms with Crippen molar-refractivity contribution in [1.29, 1.82) is 0 Å². The van der Waals surface area contributed by atoms with Crippen LogP contribution in [0, 0.1) is 5.92 Å². The van der Waals surface area contributed by atoms with Gasteiger partial charge in [-0.05, 0) is 11.4 Å². The Morgan fingerprint density at radius 2 is 2.24 bits per heavy atom. The van der Waals surface area contributed by atoms with Crippen LogP contribution in [0.15, 0.2) is 17.5 Å². The molecule has 0 aliphatic carbocycles. The maximum Gasteiger partial charge on any atom is 0.311 e. The molecule has 1 saturated heterocycles. The Morgan fingerprint density at radius 1 is 1.48 bits per heavy atom. The SMILES string of the molecule is CN(CC(=O)NC1COCC1C(=O)O)C(=O)c1cccs1. The van der Waals surface area contributed by atoms with E-state index in [0.29, 0.717) is 4.88 Å². The first-order chi connectivity index (χ1) is 9.99. The lowest BCUT2D eigenvalue weighted by Gasteiger charge is -2.19. The van der Waals surface area contributed by atoms with Gasteiger partial charge in [0.15, 0.2) is 0 Å². The van der Waals surface area contributed by atoms with Crippen LogP contribution < -0.4 is 5.32 Å². The van der Waals surface area contributed by atoms with Gasteiger partial charge in [0.1, 0.15) is 5.92 Å². The number of ether oxygens (including phenoxy) is 1. The standard InChI is InChI=1S/C13H16N2O5S/c1-15(12(17)10-3-2-4-21-10)5-11(16)14-9-7-20-6-8(9)13(18)19/h2-4,8-9H,5-7H2,1H3,(H,14,16)(H,18,19). The Kier molecular flexibility index (Phi) is 4.92. The zero-order valence-corrected chi connectivity index (χ0v) is 12.3. The number of hydrogen-bond donors (Lipinski definition) is 2. The fourth-order valence-corrected chi connectivity index (χ4v) is 2.79. The molecule has 0 aromatic carbocycles. The zero-order valence-electron chi connectivity index (χ0n) is 11.4. The molecule has 2 N–H and O–H groups in total. The predicted molar refractivity (Wildman–Crippen MR) is 75.2 cm³/mol. The van der Waals surface area contributed by atoms with Crippen LogP contribution in [-0.4, -0.2) is 60.6 Å². The highest BCUT2D eigenvalue weighted by molar-refractivity contribution is 7.12. The summed E-state index contributed by atoms with van der Waals surface area (Å²) in [6, 6.07) is 2.89. The molecule has 1 aromatic heterocycles. The quantitative estimate of drug-likeness (QED) is 0.800. The first-order valence-corrected chi connectivity index (χ1v) is 7.26. The van der Waals surface area contributed by atoms with Gasteiger partial charge >= 0.3 is 5.97 Å². The summed E-state index contributed by atoms with van der Waals surface area (Å²) in [6.45, 7) is 0.134. The van der Waals surface area contributed by atoms with Gasteiger partial charge in [-0.1, -0.05) is 6.07 Å². The molecule has 1 fully saturated rings. The van der Waals surface area contributed by atoms with Gasteiger partial charge in [0.05, 0.1) is 30.7 Å². The highest BCUT2D eigenvalue weighted by Gasteiger charge is 2.35. The second kappa shape index (κ2) is 6.68. The maximum absolute atomic E-state index is 12.0. The third-order valence-corrected chi connectivity index (χ3v) is 4.06. The molecule has 1 aromatic rings. The minimum atomic E-state index is -0.999. The van der Waals surface area contributed by atoms with Gasteiger partial charge in [0.2, 0.25) is 5.91 Å². The summed E-state index contributed by atoms with van der Waals surface area (Å²) in [5.41, 5.74) is 0. The van der Waals surface area contributed by atoms with Crippen molar-refractivity contribution in [3.63, 3.8) is 0 Å². The number of nitrogens with one attached hydrogen (secondary N) is 1. The van der Waals surface area contributed by atoms with Gasteiger partial charge in [-0.15, -0.1) is 11.3 Å². The lowest BCUT2D eigenvalue weighted by molar-refractivity contribution is -0.142. The van der Waals surface area contributed by atoms with Crippen LogP contribution in [0.2, 0.25) is 0 Å². The van der Waals surface area contributed by atoms with Crippen LogP contribution in [0.3, 0.4) is 0 Å². The molecular weight excluding hydrogens is 296 g/mol. The van der Waals surface area contributed by atoms with Crippen LogP contribution in [0.5, 0.6) is 0 Å². The van der Waals surface area contributed by atoms with Crippen molar-refractivity contribution in [1.82, 2.24) is 10.2 Å². The average molecular weight is 312 g/mol. The van der Waals surface area contributed by atoms with E-state index in [1.54, 1.807) is 17.5 Å². The van der Waals surface area contributed by atoms with Crippen molar-refractivity contribution in [3.8, 4) is 0 Å². The Hall–Kier alpha value is -1.93. The number of rotatable bonds is 5. The summed E-state index contributed by atoms with van der Waals surface area (Å²) in [7, 11) is 1.53. The normalized spacial score (nSPS) is 21.0. The first kappa shape index (κ1) is 15.5. The number of carbonyl (C=O) groups is 3. The lowest BCUT2D eigenvalue weighted by Crippen LogP contribution is -2.47. The molecule has 8 heteroatoms. The Labute approximate surface area is 125 Å². The Bertz CT molecular complexity index is 531. The first-order valence-electron chi connectivity index (χ1n) is 6.38. The number of nitrogens with zero attached hydrogens (tertiary/aromatic N) is 1. The van der Waals surface area contributed by atoms with Crippen LogP contribution in [0.4, 0.5) is 0 Å². The summed E-state index contributed by atoms with van der Waals surface area (Å²) < 4.78 is 5.07. The van der Waals surface area contributed by atoms with Crippen molar-refractivity contribution >= 4 is 29.1 Å². The number of carboxylic acids is 1. The van der Waals surface area contributed by atoms with Crippen LogP contribution in [0.25, 0.3) is 0 Å².